The molecule has 7 rings (SSSR count). The third-order valence-electron chi connectivity index (χ3n) is 8.01. The van der Waals surface area contributed by atoms with Crippen molar-refractivity contribution in [1.29, 1.82) is 0 Å². The summed E-state index contributed by atoms with van der Waals surface area (Å²) in [5.74, 6) is -0.225. The molecule has 2 radical (unpaired) electrons. The molecule has 0 aromatic heterocycles. The number of benzene rings is 7. The summed E-state index contributed by atoms with van der Waals surface area (Å²) >= 11 is 0. The van der Waals surface area contributed by atoms with Gasteiger partial charge >= 0.3 is 0 Å². The molecular weight excluding hydrogens is 1360 g/mol. The number of ether oxygens (including phenoxy) is 5. The fourth-order valence-corrected chi connectivity index (χ4v) is 4.23. The van der Waals surface area contributed by atoms with E-state index in [1.165, 1.54) is 79.9 Å². The first-order chi connectivity index (χ1) is 36.8. The molecule has 0 atom stereocenters. The number of phenols is 13. The minimum absolute atomic E-state index is 0. The average Bonchev–Trinajstić information content (AvgIpc) is 3.42. The minimum Gasteiger partial charge on any atom is -0.504 e. The fraction of sp³-hybridized carbons (Fsp3) is 0.288. The van der Waals surface area contributed by atoms with Crippen LogP contribution in [-0.4, -0.2) is 126 Å². The quantitative estimate of drug-likeness (QED) is 0.0598. The van der Waals surface area contributed by atoms with E-state index in [0.717, 1.165) is 52.9 Å². The number of methoxy groups -OCH3 is 1. The number of hydrogen-bond donors (Lipinski definition) is 13. The van der Waals surface area contributed by atoms with E-state index < -0.39 is 0 Å². The van der Waals surface area contributed by atoms with Crippen LogP contribution >= 0.6 is 0 Å². The van der Waals surface area contributed by atoms with Gasteiger partial charge in [-0.2, -0.15) is 0 Å². The Kier molecular flexibility index (Phi) is 63.6. The zero-order valence-electron chi connectivity index (χ0n) is 46.6. The van der Waals surface area contributed by atoms with Gasteiger partial charge in [0.2, 0.25) is 0 Å². The summed E-state index contributed by atoms with van der Waals surface area (Å²) in [5.41, 5.74) is 0. The van der Waals surface area contributed by atoms with Gasteiger partial charge in [0.05, 0.1) is 7.11 Å². The van der Waals surface area contributed by atoms with Gasteiger partial charge in [0.1, 0.15) is 0 Å². The van der Waals surface area contributed by atoms with E-state index in [9.17, 15) is 0 Å². The summed E-state index contributed by atoms with van der Waals surface area (Å²) in [6, 6.07) is 43.7. The van der Waals surface area contributed by atoms with E-state index in [-0.39, 0.29) is 120 Å². The van der Waals surface area contributed by atoms with Crippen LogP contribution in [0.25, 0.3) is 0 Å². The van der Waals surface area contributed by atoms with E-state index >= 15 is 0 Å². The van der Waals surface area contributed by atoms with Crippen LogP contribution in [0.1, 0.15) is 55.4 Å². The molecule has 0 amide bonds. The molecule has 0 aliphatic heterocycles. The molecule has 13 N–H and O–H groups in total. The van der Waals surface area contributed by atoms with Crippen LogP contribution in [0.15, 0.2) is 170 Å². The third kappa shape index (κ3) is 52.9. The van der Waals surface area contributed by atoms with E-state index in [2.05, 4.69) is 0 Å². The zero-order chi connectivity index (χ0) is 59.1. The third-order valence-corrected chi connectivity index (χ3v) is 8.01. The molecule has 0 bridgehead atoms. The minimum atomic E-state index is -0.0764. The molecule has 0 aliphatic carbocycles. The van der Waals surface area contributed by atoms with E-state index in [1.54, 1.807) is 97.1 Å². The first-order valence-electron chi connectivity index (χ1n) is 24.3. The monoisotopic (exact) mass is 1440 g/mol. The Morgan fingerprint density at radius 1 is 0.215 bits per heavy atom. The summed E-state index contributed by atoms with van der Waals surface area (Å²) in [6.45, 7) is 22.7. The molecule has 0 spiro atoms. The van der Waals surface area contributed by atoms with Crippen molar-refractivity contribution in [2.24, 2.45) is 0 Å². The smallest absolute Gasteiger partial charge is 0.160 e. The van der Waals surface area contributed by atoms with Crippen LogP contribution in [0, 0.1) is 0 Å². The standard InChI is InChI=1S/C7H8O2.6C6H6O2.4C4H10O.2Ta/c1-9-7-5-3-2-4-6(7)8;6*7-5-3-1-2-4-6(5)8;4*1-3-5-4-2;;/h2-5,8H,1H3;6*1-4,7-8H;4*3-4H2,1-2H3;;. The second-order valence-corrected chi connectivity index (χ2v) is 13.7. The van der Waals surface area contributed by atoms with Gasteiger partial charge in [-0.05, 0) is 140 Å². The van der Waals surface area contributed by atoms with Gasteiger partial charge in [-0.25, -0.2) is 0 Å². The first kappa shape index (κ1) is 83.4. The summed E-state index contributed by atoms with van der Waals surface area (Å²) < 4.78 is 24.1. The van der Waals surface area contributed by atoms with Gasteiger partial charge < -0.3 is 90.1 Å². The van der Waals surface area contributed by atoms with Gasteiger partial charge in [-0.15, -0.1) is 0 Å². The maximum atomic E-state index is 8.99. The van der Waals surface area contributed by atoms with Crippen LogP contribution in [0.4, 0.5) is 0 Å². The number of hydrogen-bond acceptors (Lipinski definition) is 18. The SMILES string of the molecule is CCOCC.CCOCC.CCOCC.CCOCC.COc1ccccc1O.Oc1ccccc1O.Oc1ccccc1O.Oc1ccccc1O.Oc1ccccc1O.Oc1ccccc1O.Oc1ccccc1O.[Ta].[Ta]. The Hall–Kier alpha value is -6.94. The van der Waals surface area contributed by atoms with E-state index in [4.69, 9.17) is 90.1 Å². The molecule has 18 nitrogen and oxygen atoms in total. The molecule has 79 heavy (non-hydrogen) atoms. The van der Waals surface area contributed by atoms with Crippen molar-refractivity contribution >= 4 is 0 Å². The van der Waals surface area contributed by atoms with Gasteiger partial charge in [0.25, 0.3) is 0 Å². The number of rotatable bonds is 9. The Labute approximate surface area is 497 Å². The maximum Gasteiger partial charge on any atom is 0.160 e. The van der Waals surface area contributed by atoms with Crippen LogP contribution in [-0.2, 0) is 63.7 Å². The molecule has 438 valence electrons. The van der Waals surface area contributed by atoms with Crippen molar-refractivity contribution < 1.29 is 135 Å². The topological polar surface area (TPSA) is 309 Å². The molecular formula is C59H84O18Ta2. The van der Waals surface area contributed by atoms with Crippen LogP contribution in [0.5, 0.6) is 80.5 Å². The Morgan fingerprint density at radius 3 is 0.392 bits per heavy atom. The first-order valence-corrected chi connectivity index (χ1v) is 24.3. The van der Waals surface area contributed by atoms with Gasteiger partial charge in [0, 0.05) is 97.6 Å². The molecule has 7 aromatic rings. The fourth-order valence-electron chi connectivity index (χ4n) is 4.23. The second kappa shape index (κ2) is 60.3. The molecule has 0 aliphatic rings. The zero-order valence-corrected chi connectivity index (χ0v) is 53.0. The van der Waals surface area contributed by atoms with Crippen LogP contribution in [0.2, 0.25) is 0 Å². The van der Waals surface area contributed by atoms with Crippen molar-refractivity contribution in [2.45, 2.75) is 55.4 Å². The largest absolute Gasteiger partial charge is 0.504 e. The Balaban J connectivity index is -0.000000186. The summed E-state index contributed by atoms with van der Waals surface area (Å²) in [7, 11) is 1.52. The summed E-state index contributed by atoms with van der Waals surface area (Å²) in [4.78, 5) is 0. The Bertz CT molecular complexity index is 1900. The van der Waals surface area contributed by atoms with Crippen LogP contribution in [0.3, 0.4) is 0 Å². The second-order valence-electron chi connectivity index (χ2n) is 13.7. The Morgan fingerprint density at radius 2 is 0.329 bits per heavy atom. The molecule has 7 aromatic carbocycles. The summed E-state index contributed by atoms with van der Waals surface area (Å²) in [5, 5.41) is 113. The van der Waals surface area contributed by atoms with Gasteiger partial charge in [0.15, 0.2) is 80.5 Å². The molecule has 0 saturated carbocycles. The van der Waals surface area contributed by atoms with Crippen molar-refractivity contribution in [1.82, 2.24) is 0 Å². The molecule has 0 unspecified atom stereocenters. The van der Waals surface area contributed by atoms with E-state index in [1.807, 2.05) is 55.4 Å². The van der Waals surface area contributed by atoms with Crippen LogP contribution < -0.4 is 4.74 Å². The molecule has 0 fully saturated rings. The van der Waals surface area contributed by atoms with Gasteiger partial charge in [-0.1, -0.05) is 84.9 Å². The van der Waals surface area contributed by atoms with Gasteiger partial charge in [-0.3, -0.25) is 0 Å². The summed E-state index contributed by atoms with van der Waals surface area (Å²) in [6.07, 6.45) is 0. The number of phenolic OH excluding ortho intramolecular Hbond substituents is 13. The maximum absolute atomic E-state index is 8.99. The normalized spacial score (nSPS) is 8.62. The predicted molar refractivity (Wildman–Crippen MR) is 302 cm³/mol. The van der Waals surface area contributed by atoms with Crippen molar-refractivity contribution in [2.75, 3.05) is 60.0 Å². The molecule has 0 heterocycles. The molecule has 20 heteroatoms. The average molecular weight is 1440 g/mol. The van der Waals surface area contributed by atoms with Crippen molar-refractivity contribution in [3.63, 3.8) is 0 Å². The molecule has 0 saturated heterocycles. The predicted octanol–water partition coefficient (Wildman–Crippen LogP) is 12.2. The van der Waals surface area contributed by atoms with E-state index in [0.29, 0.717) is 5.75 Å². The number of aromatic hydroxyl groups is 13. The number of para-hydroxylation sites is 14. The van der Waals surface area contributed by atoms with Crippen molar-refractivity contribution in [3.8, 4) is 80.5 Å². The van der Waals surface area contributed by atoms with Crippen molar-refractivity contribution in [3.05, 3.63) is 170 Å².